The summed E-state index contributed by atoms with van der Waals surface area (Å²) in [7, 11) is -2.38. The summed E-state index contributed by atoms with van der Waals surface area (Å²) in [6, 6.07) is 3.23. The van der Waals surface area contributed by atoms with Gasteiger partial charge in [0.15, 0.2) is 0 Å². The first-order valence-electron chi connectivity index (χ1n) is 11.4. The van der Waals surface area contributed by atoms with Gasteiger partial charge in [-0.25, -0.2) is 8.42 Å². The number of nitrogens with one attached hydrogen (secondary N) is 1. The Labute approximate surface area is 195 Å². The second-order valence-electron chi connectivity index (χ2n) is 9.52. The number of nitrogens with zero attached hydrogens (tertiary/aromatic N) is 2. The molecule has 0 aliphatic carbocycles. The van der Waals surface area contributed by atoms with Crippen molar-refractivity contribution in [2.45, 2.75) is 70.1 Å². The smallest absolute Gasteiger partial charge is 0.341 e. The Morgan fingerprint density at radius 2 is 1.76 bits per heavy atom. The molecule has 1 saturated heterocycles. The quantitative estimate of drug-likeness (QED) is 0.568. The first-order chi connectivity index (χ1) is 15.3. The van der Waals surface area contributed by atoms with E-state index in [4.69, 9.17) is 0 Å². The van der Waals surface area contributed by atoms with E-state index in [0.717, 1.165) is 12.1 Å². The minimum absolute atomic E-state index is 0.000736. The molecule has 0 spiro atoms. The molecule has 0 saturated carbocycles. The number of benzene rings is 1. The Hall–Kier alpha value is -1.65. The molecule has 33 heavy (non-hydrogen) atoms. The van der Waals surface area contributed by atoms with E-state index in [1.165, 1.54) is 10.4 Å². The zero-order chi connectivity index (χ0) is 25.0. The standard InChI is InChI=1S/C23H36F3N3O3S/c1-16(2)13-21(27-5)22(30)28-11-9-19(10-12-28)29(15-17(3)4)33(31,32)20-8-6-7-18(14-20)23(24,25)26/h6-8,14,16-17,19,21,27H,9-13,15H2,1-5H3/t21-/m0/s1. The highest BCUT2D eigenvalue weighted by atomic mass is 32.2. The molecule has 1 amide bonds. The van der Waals surface area contributed by atoms with Crippen molar-refractivity contribution in [3.8, 4) is 0 Å². The SMILES string of the molecule is CN[C@@H](CC(C)C)C(=O)N1CCC(N(CC(C)C)S(=O)(=O)c2cccc(C(F)(F)F)c2)CC1. The third-order valence-electron chi connectivity index (χ3n) is 5.85. The maximum absolute atomic E-state index is 13.4. The van der Waals surface area contributed by atoms with Gasteiger partial charge in [0.05, 0.1) is 16.5 Å². The molecule has 0 unspecified atom stereocenters. The van der Waals surface area contributed by atoms with Crippen LogP contribution in [0.3, 0.4) is 0 Å². The molecule has 6 nitrogen and oxygen atoms in total. The summed E-state index contributed by atoms with van der Waals surface area (Å²) >= 11 is 0. The topological polar surface area (TPSA) is 69.7 Å². The van der Waals surface area contributed by atoms with Gasteiger partial charge in [-0.3, -0.25) is 4.79 Å². The monoisotopic (exact) mass is 491 g/mol. The molecule has 1 fully saturated rings. The van der Waals surface area contributed by atoms with Crippen LogP contribution in [0.1, 0.15) is 52.5 Å². The van der Waals surface area contributed by atoms with Gasteiger partial charge in [-0.1, -0.05) is 33.8 Å². The van der Waals surface area contributed by atoms with E-state index in [-0.39, 0.29) is 35.3 Å². The molecule has 0 radical (unpaired) electrons. The number of piperidine rings is 1. The number of amides is 1. The first-order valence-corrected chi connectivity index (χ1v) is 12.9. The van der Waals surface area contributed by atoms with E-state index in [9.17, 15) is 26.4 Å². The van der Waals surface area contributed by atoms with Gasteiger partial charge >= 0.3 is 6.18 Å². The molecule has 1 aliphatic heterocycles. The van der Waals surface area contributed by atoms with Gasteiger partial charge in [0.1, 0.15) is 0 Å². The fraction of sp³-hybridized carbons (Fsp3) is 0.696. The van der Waals surface area contributed by atoms with Gasteiger partial charge < -0.3 is 10.2 Å². The lowest BCUT2D eigenvalue weighted by atomic mass is 9.99. The van der Waals surface area contributed by atoms with Crippen LogP contribution in [0.15, 0.2) is 29.2 Å². The normalized spacial score (nSPS) is 17.2. The molecule has 1 N–H and O–H groups in total. The highest BCUT2D eigenvalue weighted by Crippen LogP contribution is 2.32. The van der Waals surface area contributed by atoms with Crippen LogP contribution < -0.4 is 5.32 Å². The maximum atomic E-state index is 13.4. The van der Waals surface area contributed by atoms with Crippen LogP contribution in [-0.2, 0) is 21.0 Å². The lowest BCUT2D eigenvalue weighted by molar-refractivity contribution is -0.137. The highest BCUT2D eigenvalue weighted by Gasteiger charge is 2.37. The van der Waals surface area contributed by atoms with E-state index < -0.39 is 21.8 Å². The second kappa shape index (κ2) is 11.2. The van der Waals surface area contributed by atoms with Crippen molar-refractivity contribution < 1.29 is 26.4 Å². The van der Waals surface area contributed by atoms with Crippen LogP contribution in [0.2, 0.25) is 0 Å². The van der Waals surface area contributed by atoms with E-state index in [1.54, 1.807) is 11.9 Å². The zero-order valence-electron chi connectivity index (χ0n) is 20.0. The molecule has 1 aliphatic rings. The molecule has 0 bridgehead atoms. The van der Waals surface area contributed by atoms with Crippen LogP contribution in [-0.4, -0.2) is 62.3 Å². The number of sulfonamides is 1. The minimum atomic E-state index is -4.63. The number of rotatable bonds is 9. The molecule has 2 rings (SSSR count). The predicted molar refractivity (Wildman–Crippen MR) is 122 cm³/mol. The van der Waals surface area contributed by atoms with Crippen LogP contribution in [0.5, 0.6) is 0 Å². The van der Waals surface area contributed by atoms with Gasteiger partial charge in [0.25, 0.3) is 0 Å². The molecular formula is C23H36F3N3O3S. The van der Waals surface area contributed by atoms with E-state index in [0.29, 0.717) is 44.3 Å². The number of likely N-dealkylation sites (N-methyl/N-ethyl adjacent to an activating group) is 1. The Morgan fingerprint density at radius 3 is 2.24 bits per heavy atom. The Kier molecular flexibility index (Phi) is 9.35. The molecule has 1 aromatic rings. The molecule has 1 aromatic carbocycles. The lowest BCUT2D eigenvalue weighted by Crippen LogP contribution is -2.53. The lowest BCUT2D eigenvalue weighted by Gasteiger charge is -2.39. The number of halogens is 3. The van der Waals surface area contributed by atoms with Crippen molar-refractivity contribution in [2.24, 2.45) is 11.8 Å². The summed E-state index contributed by atoms with van der Waals surface area (Å²) in [5.41, 5.74) is -0.989. The minimum Gasteiger partial charge on any atom is -0.341 e. The summed E-state index contributed by atoms with van der Waals surface area (Å²) in [4.78, 5) is 14.3. The van der Waals surface area contributed by atoms with E-state index in [1.807, 2.05) is 27.7 Å². The Balaban J connectivity index is 2.22. The third kappa shape index (κ3) is 7.16. The summed E-state index contributed by atoms with van der Waals surface area (Å²) in [5.74, 6) is 0.342. The number of hydrogen-bond acceptors (Lipinski definition) is 4. The first kappa shape index (κ1) is 27.6. The molecule has 0 aromatic heterocycles. The Morgan fingerprint density at radius 1 is 1.15 bits per heavy atom. The van der Waals surface area contributed by atoms with Gasteiger partial charge in [-0.15, -0.1) is 0 Å². The maximum Gasteiger partial charge on any atom is 0.416 e. The van der Waals surface area contributed by atoms with Crippen molar-refractivity contribution in [3.05, 3.63) is 29.8 Å². The predicted octanol–water partition coefficient (Wildman–Crippen LogP) is 3.98. The second-order valence-corrected chi connectivity index (χ2v) is 11.4. The van der Waals surface area contributed by atoms with Crippen LogP contribution in [0.4, 0.5) is 13.2 Å². The number of likely N-dealkylation sites (tertiary alicyclic amines) is 1. The number of carbonyl (C=O) groups is 1. The van der Waals surface area contributed by atoms with E-state index in [2.05, 4.69) is 5.32 Å². The largest absolute Gasteiger partial charge is 0.416 e. The highest BCUT2D eigenvalue weighted by molar-refractivity contribution is 7.89. The van der Waals surface area contributed by atoms with Gasteiger partial charge in [-0.2, -0.15) is 17.5 Å². The van der Waals surface area contributed by atoms with Crippen molar-refractivity contribution >= 4 is 15.9 Å². The zero-order valence-corrected chi connectivity index (χ0v) is 20.8. The average molecular weight is 492 g/mol. The summed E-state index contributed by atoms with van der Waals surface area (Å²) < 4.78 is 67.6. The molecular weight excluding hydrogens is 455 g/mol. The summed E-state index contributed by atoms with van der Waals surface area (Å²) in [5, 5.41) is 3.06. The number of hydrogen-bond donors (Lipinski definition) is 1. The van der Waals surface area contributed by atoms with Crippen molar-refractivity contribution in [3.63, 3.8) is 0 Å². The van der Waals surface area contributed by atoms with Crippen LogP contribution >= 0.6 is 0 Å². The third-order valence-corrected chi connectivity index (χ3v) is 7.76. The van der Waals surface area contributed by atoms with Crippen molar-refractivity contribution in [2.75, 3.05) is 26.7 Å². The summed E-state index contributed by atoms with van der Waals surface area (Å²) in [6.45, 7) is 8.86. The van der Waals surface area contributed by atoms with Gasteiger partial charge in [-0.05, 0) is 56.3 Å². The number of alkyl halides is 3. The van der Waals surface area contributed by atoms with Gasteiger partial charge in [0.2, 0.25) is 15.9 Å². The average Bonchev–Trinajstić information content (AvgIpc) is 2.74. The van der Waals surface area contributed by atoms with Crippen LogP contribution in [0.25, 0.3) is 0 Å². The molecule has 1 heterocycles. The molecule has 188 valence electrons. The van der Waals surface area contributed by atoms with E-state index >= 15 is 0 Å². The Bertz CT molecular complexity index is 896. The number of carbonyl (C=O) groups excluding carboxylic acids is 1. The fourth-order valence-corrected chi connectivity index (χ4v) is 6.07. The van der Waals surface area contributed by atoms with Crippen molar-refractivity contribution in [1.29, 1.82) is 0 Å². The molecule has 1 atom stereocenters. The van der Waals surface area contributed by atoms with Gasteiger partial charge in [0, 0.05) is 25.7 Å². The van der Waals surface area contributed by atoms with Crippen molar-refractivity contribution in [1.82, 2.24) is 14.5 Å². The fourth-order valence-electron chi connectivity index (χ4n) is 4.18. The molecule has 10 heteroatoms. The van der Waals surface area contributed by atoms with Crippen LogP contribution in [0, 0.1) is 11.8 Å². The summed E-state index contributed by atoms with van der Waals surface area (Å²) in [6.07, 6.45) is -3.04.